The van der Waals surface area contributed by atoms with E-state index in [0.717, 1.165) is 44.8 Å². The minimum atomic E-state index is -4.49. The topological polar surface area (TPSA) is 61.9 Å². The molecule has 0 bridgehead atoms. The van der Waals surface area contributed by atoms with Gasteiger partial charge in [-0.2, -0.15) is 18.2 Å². The van der Waals surface area contributed by atoms with Crippen molar-refractivity contribution < 1.29 is 13.2 Å². The fourth-order valence-corrected chi connectivity index (χ4v) is 2.64. The molecule has 0 spiro atoms. The summed E-state index contributed by atoms with van der Waals surface area (Å²) in [6.45, 7) is 6.47. The summed E-state index contributed by atoms with van der Waals surface area (Å²) < 4.78 is 39.1. The standard InChI is InChI=1S/C16H26F3N5/c1-3-11(2)22-15-23-13(16(17,18)19)10-14(24-15)21-9-6-12-4-7-20-8-5-12/h10-12,20H,3-9H2,1-2H3,(H2,21,22,23,24)/t11-/m0/s1. The second kappa shape index (κ2) is 8.50. The van der Waals surface area contributed by atoms with Crippen molar-refractivity contribution in [1.29, 1.82) is 0 Å². The average Bonchev–Trinajstić information content (AvgIpc) is 2.55. The van der Waals surface area contributed by atoms with Crippen molar-refractivity contribution in [3.63, 3.8) is 0 Å². The molecule has 0 unspecified atom stereocenters. The molecular weight excluding hydrogens is 319 g/mol. The number of nitrogens with zero attached hydrogens (tertiary/aromatic N) is 2. The maximum Gasteiger partial charge on any atom is 0.433 e. The molecule has 1 aromatic heterocycles. The first-order chi connectivity index (χ1) is 11.4. The molecular formula is C16H26F3N5. The highest BCUT2D eigenvalue weighted by atomic mass is 19.4. The Morgan fingerprint density at radius 3 is 2.62 bits per heavy atom. The van der Waals surface area contributed by atoms with Crippen molar-refractivity contribution in [3.8, 4) is 0 Å². The van der Waals surface area contributed by atoms with Crippen LogP contribution in [0.15, 0.2) is 6.07 Å². The van der Waals surface area contributed by atoms with Crippen molar-refractivity contribution in [1.82, 2.24) is 15.3 Å². The van der Waals surface area contributed by atoms with E-state index in [2.05, 4.69) is 25.9 Å². The maximum atomic E-state index is 13.0. The largest absolute Gasteiger partial charge is 0.433 e. The van der Waals surface area contributed by atoms with Gasteiger partial charge in [-0.3, -0.25) is 0 Å². The van der Waals surface area contributed by atoms with Gasteiger partial charge < -0.3 is 16.0 Å². The van der Waals surface area contributed by atoms with Crippen molar-refractivity contribution >= 4 is 11.8 Å². The summed E-state index contributed by atoms with van der Waals surface area (Å²) in [4.78, 5) is 7.77. The molecule has 0 saturated carbocycles. The molecule has 0 aliphatic carbocycles. The van der Waals surface area contributed by atoms with E-state index in [-0.39, 0.29) is 17.8 Å². The number of alkyl halides is 3. The van der Waals surface area contributed by atoms with Gasteiger partial charge in [0.25, 0.3) is 0 Å². The van der Waals surface area contributed by atoms with Crippen LogP contribution >= 0.6 is 0 Å². The Kier molecular flexibility index (Phi) is 6.65. The van der Waals surface area contributed by atoms with Crippen LogP contribution in [0.3, 0.4) is 0 Å². The van der Waals surface area contributed by atoms with Crippen LogP contribution in [0.5, 0.6) is 0 Å². The van der Waals surface area contributed by atoms with Gasteiger partial charge in [-0.05, 0) is 51.6 Å². The third-order valence-corrected chi connectivity index (χ3v) is 4.32. The van der Waals surface area contributed by atoms with Gasteiger partial charge in [-0.1, -0.05) is 6.92 Å². The van der Waals surface area contributed by atoms with Crippen molar-refractivity contribution in [2.45, 2.75) is 51.7 Å². The molecule has 1 atom stereocenters. The number of piperidine rings is 1. The highest BCUT2D eigenvalue weighted by Gasteiger charge is 2.33. The molecule has 1 aliphatic rings. The Hall–Kier alpha value is -1.57. The van der Waals surface area contributed by atoms with E-state index in [0.29, 0.717) is 12.5 Å². The lowest BCUT2D eigenvalue weighted by molar-refractivity contribution is -0.141. The Morgan fingerprint density at radius 2 is 2.00 bits per heavy atom. The van der Waals surface area contributed by atoms with Gasteiger partial charge in [0.1, 0.15) is 5.82 Å². The zero-order valence-electron chi connectivity index (χ0n) is 14.2. The highest BCUT2D eigenvalue weighted by molar-refractivity contribution is 5.43. The second-order valence-corrected chi connectivity index (χ2v) is 6.32. The number of hydrogen-bond acceptors (Lipinski definition) is 5. The molecule has 2 rings (SSSR count). The lowest BCUT2D eigenvalue weighted by atomic mass is 9.95. The smallest absolute Gasteiger partial charge is 0.370 e. The first-order valence-electron chi connectivity index (χ1n) is 8.56. The lowest BCUT2D eigenvalue weighted by Gasteiger charge is -2.22. The number of halogens is 3. The van der Waals surface area contributed by atoms with Crippen LogP contribution in [0, 0.1) is 5.92 Å². The molecule has 0 aromatic carbocycles. The van der Waals surface area contributed by atoms with Crippen LogP contribution < -0.4 is 16.0 Å². The minimum Gasteiger partial charge on any atom is -0.370 e. The Balaban J connectivity index is 2.02. The third kappa shape index (κ3) is 5.81. The molecule has 0 amide bonds. The van der Waals surface area contributed by atoms with Gasteiger partial charge >= 0.3 is 6.18 Å². The van der Waals surface area contributed by atoms with Crippen LogP contribution in [0.4, 0.5) is 24.9 Å². The summed E-state index contributed by atoms with van der Waals surface area (Å²) in [5, 5.41) is 9.24. The third-order valence-electron chi connectivity index (χ3n) is 4.32. The first kappa shape index (κ1) is 18.8. The van der Waals surface area contributed by atoms with Gasteiger partial charge in [0, 0.05) is 18.7 Å². The summed E-state index contributed by atoms with van der Waals surface area (Å²) in [7, 11) is 0. The van der Waals surface area contributed by atoms with E-state index in [9.17, 15) is 13.2 Å². The second-order valence-electron chi connectivity index (χ2n) is 6.32. The van der Waals surface area contributed by atoms with E-state index in [1.165, 1.54) is 0 Å². The predicted octanol–water partition coefficient (Wildman–Crippen LogP) is 3.51. The molecule has 24 heavy (non-hydrogen) atoms. The maximum absolute atomic E-state index is 13.0. The van der Waals surface area contributed by atoms with Crippen molar-refractivity contribution in [2.75, 3.05) is 30.3 Å². The van der Waals surface area contributed by atoms with E-state index in [4.69, 9.17) is 0 Å². The number of nitrogens with one attached hydrogen (secondary N) is 3. The van der Waals surface area contributed by atoms with Crippen molar-refractivity contribution in [2.24, 2.45) is 5.92 Å². The average molecular weight is 345 g/mol. The summed E-state index contributed by atoms with van der Waals surface area (Å²) in [5.41, 5.74) is -0.923. The fourth-order valence-electron chi connectivity index (χ4n) is 2.64. The summed E-state index contributed by atoms with van der Waals surface area (Å²) in [6.07, 6.45) is -0.556. The predicted molar refractivity (Wildman–Crippen MR) is 89.1 cm³/mol. The zero-order chi connectivity index (χ0) is 17.6. The summed E-state index contributed by atoms with van der Waals surface area (Å²) >= 11 is 0. The normalized spacial score (nSPS) is 17.5. The van der Waals surface area contributed by atoms with Gasteiger partial charge in [0.05, 0.1) is 0 Å². The SMILES string of the molecule is CC[C@H](C)Nc1nc(NCCC2CCNCC2)cc(C(F)(F)F)n1. The van der Waals surface area contributed by atoms with E-state index in [1.54, 1.807) is 0 Å². The number of aromatic nitrogens is 2. The number of anilines is 2. The molecule has 1 aliphatic heterocycles. The molecule has 1 saturated heterocycles. The van der Waals surface area contributed by atoms with Gasteiger partial charge in [0.15, 0.2) is 5.69 Å². The number of hydrogen-bond donors (Lipinski definition) is 3. The van der Waals surface area contributed by atoms with E-state index in [1.807, 2.05) is 13.8 Å². The van der Waals surface area contributed by atoms with Crippen LogP contribution in [-0.4, -0.2) is 35.6 Å². The summed E-state index contributed by atoms with van der Waals surface area (Å²) in [6, 6.07) is 0.987. The van der Waals surface area contributed by atoms with Crippen LogP contribution in [0.1, 0.15) is 45.2 Å². The Bertz CT molecular complexity index is 515. The molecule has 2 heterocycles. The molecule has 3 N–H and O–H groups in total. The number of rotatable bonds is 7. The van der Waals surface area contributed by atoms with Crippen LogP contribution in [-0.2, 0) is 6.18 Å². The fraction of sp³-hybridized carbons (Fsp3) is 0.750. The first-order valence-corrected chi connectivity index (χ1v) is 8.56. The monoisotopic (exact) mass is 345 g/mol. The molecule has 1 aromatic rings. The molecule has 5 nitrogen and oxygen atoms in total. The van der Waals surface area contributed by atoms with Crippen LogP contribution in [0.25, 0.3) is 0 Å². The quantitative estimate of drug-likeness (QED) is 0.706. The molecule has 1 fully saturated rings. The van der Waals surface area contributed by atoms with E-state index >= 15 is 0 Å². The minimum absolute atomic E-state index is 0.0103. The highest BCUT2D eigenvalue weighted by Crippen LogP contribution is 2.30. The summed E-state index contributed by atoms with van der Waals surface area (Å²) in [5.74, 6) is 0.848. The Morgan fingerprint density at radius 1 is 1.29 bits per heavy atom. The van der Waals surface area contributed by atoms with Crippen LogP contribution in [0.2, 0.25) is 0 Å². The van der Waals surface area contributed by atoms with Gasteiger partial charge in [0.2, 0.25) is 5.95 Å². The molecule has 136 valence electrons. The Labute approximate surface area is 140 Å². The van der Waals surface area contributed by atoms with E-state index < -0.39 is 11.9 Å². The van der Waals surface area contributed by atoms with Gasteiger partial charge in [-0.15, -0.1) is 0 Å². The van der Waals surface area contributed by atoms with Crippen molar-refractivity contribution in [3.05, 3.63) is 11.8 Å². The zero-order valence-corrected chi connectivity index (χ0v) is 14.2. The molecule has 8 heteroatoms. The van der Waals surface area contributed by atoms with Gasteiger partial charge in [-0.25, -0.2) is 4.98 Å². The molecule has 0 radical (unpaired) electrons. The lowest BCUT2D eigenvalue weighted by Crippen LogP contribution is -2.28.